The molecule has 1 heterocycles. The summed E-state index contributed by atoms with van der Waals surface area (Å²) >= 11 is 0. The van der Waals surface area contributed by atoms with Gasteiger partial charge in [0.1, 0.15) is 12.7 Å². The van der Waals surface area contributed by atoms with E-state index in [1.807, 2.05) is 68.4 Å². The molecule has 0 unspecified atom stereocenters. The summed E-state index contributed by atoms with van der Waals surface area (Å²) in [4.78, 5) is 16.5. The Morgan fingerprint density at radius 2 is 1.74 bits per heavy atom. The predicted octanol–water partition coefficient (Wildman–Crippen LogP) is 3.18. The quantitative estimate of drug-likeness (QED) is 0.805. The van der Waals surface area contributed by atoms with Gasteiger partial charge in [-0.2, -0.15) is 5.10 Å². The maximum Gasteiger partial charge on any atom is 0.234 e. The summed E-state index contributed by atoms with van der Waals surface area (Å²) in [6, 6.07) is 17.3. The van der Waals surface area contributed by atoms with Crippen molar-refractivity contribution < 1.29 is 4.79 Å². The number of carbonyl (C=O) groups excluding carboxylic acids is 1. The van der Waals surface area contributed by atoms with Gasteiger partial charge >= 0.3 is 0 Å². The van der Waals surface area contributed by atoms with Crippen molar-refractivity contribution in [3.8, 4) is 5.69 Å². The van der Waals surface area contributed by atoms with E-state index in [1.54, 1.807) is 11.0 Å². The average molecular weight is 306 g/mol. The van der Waals surface area contributed by atoms with Crippen LogP contribution in [0.1, 0.15) is 19.4 Å². The second kappa shape index (κ2) is 6.04. The number of carbonyl (C=O) groups is 1. The van der Waals surface area contributed by atoms with E-state index in [0.29, 0.717) is 0 Å². The van der Waals surface area contributed by atoms with Crippen LogP contribution in [-0.4, -0.2) is 20.7 Å². The zero-order valence-corrected chi connectivity index (χ0v) is 13.1. The van der Waals surface area contributed by atoms with Gasteiger partial charge in [-0.1, -0.05) is 30.3 Å². The van der Waals surface area contributed by atoms with Crippen LogP contribution in [0.25, 0.3) is 5.69 Å². The van der Waals surface area contributed by atoms with Gasteiger partial charge in [0, 0.05) is 5.69 Å². The zero-order chi connectivity index (χ0) is 16.3. The molecule has 0 bridgehead atoms. The van der Waals surface area contributed by atoms with Gasteiger partial charge in [0.2, 0.25) is 5.91 Å². The topological polar surface area (TPSA) is 59.8 Å². The minimum Gasteiger partial charge on any atom is -0.325 e. The molecule has 0 atom stereocenters. The first-order chi connectivity index (χ1) is 11.1. The van der Waals surface area contributed by atoms with Gasteiger partial charge in [0.05, 0.1) is 11.1 Å². The number of hydrogen-bond acceptors (Lipinski definition) is 3. The maximum atomic E-state index is 12.6. The van der Waals surface area contributed by atoms with E-state index in [2.05, 4.69) is 15.4 Å². The third-order valence-electron chi connectivity index (χ3n) is 3.87. The largest absolute Gasteiger partial charge is 0.325 e. The number of amides is 1. The van der Waals surface area contributed by atoms with Gasteiger partial charge in [-0.3, -0.25) is 4.79 Å². The smallest absolute Gasteiger partial charge is 0.234 e. The minimum atomic E-state index is -0.605. The van der Waals surface area contributed by atoms with Gasteiger partial charge in [-0.05, 0) is 43.7 Å². The van der Waals surface area contributed by atoms with Crippen LogP contribution >= 0.6 is 0 Å². The second-order valence-electron chi connectivity index (χ2n) is 5.83. The SMILES string of the molecule is CC(C)(C(=O)Nc1ccc(-n2cncn2)cc1)c1ccccc1. The zero-order valence-electron chi connectivity index (χ0n) is 13.1. The Balaban J connectivity index is 1.75. The van der Waals surface area contributed by atoms with Gasteiger partial charge in [-0.15, -0.1) is 0 Å². The normalized spacial score (nSPS) is 11.2. The lowest BCUT2D eigenvalue weighted by molar-refractivity contribution is -0.120. The summed E-state index contributed by atoms with van der Waals surface area (Å²) < 4.78 is 1.67. The highest BCUT2D eigenvalue weighted by atomic mass is 16.2. The van der Waals surface area contributed by atoms with E-state index < -0.39 is 5.41 Å². The highest BCUT2D eigenvalue weighted by Gasteiger charge is 2.29. The van der Waals surface area contributed by atoms with Crippen LogP contribution in [0.5, 0.6) is 0 Å². The van der Waals surface area contributed by atoms with Gasteiger partial charge in [0.15, 0.2) is 0 Å². The number of rotatable bonds is 4. The molecule has 3 rings (SSSR count). The summed E-state index contributed by atoms with van der Waals surface area (Å²) in [7, 11) is 0. The van der Waals surface area contributed by atoms with Crippen LogP contribution < -0.4 is 5.32 Å². The van der Waals surface area contributed by atoms with Crippen LogP contribution in [-0.2, 0) is 10.2 Å². The molecule has 0 saturated heterocycles. The predicted molar refractivity (Wildman–Crippen MR) is 89.5 cm³/mol. The fraction of sp³-hybridized carbons (Fsp3) is 0.167. The molecule has 0 saturated carbocycles. The van der Waals surface area contributed by atoms with Crippen molar-refractivity contribution in [2.24, 2.45) is 0 Å². The summed E-state index contributed by atoms with van der Waals surface area (Å²) in [5, 5.41) is 7.04. The van der Waals surface area contributed by atoms with Crippen molar-refractivity contribution in [2.45, 2.75) is 19.3 Å². The molecule has 0 radical (unpaired) electrons. The summed E-state index contributed by atoms with van der Waals surface area (Å²) in [5.41, 5.74) is 2.02. The number of hydrogen-bond donors (Lipinski definition) is 1. The number of benzene rings is 2. The van der Waals surface area contributed by atoms with Crippen molar-refractivity contribution in [2.75, 3.05) is 5.32 Å². The standard InChI is InChI=1S/C18H18N4O/c1-18(2,14-6-4-3-5-7-14)17(23)21-15-8-10-16(11-9-15)22-13-19-12-20-22/h3-13H,1-2H3,(H,21,23). The molecule has 0 fully saturated rings. The first-order valence-electron chi connectivity index (χ1n) is 7.39. The lowest BCUT2D eigenvalue weighted by atomic mass is 9.83. The van der Waals surface area contributed by atoms with Crippen molar-refractivity contribution in [3.05, 3.63) is 72.8 Å². The van der Waals surface area contributed by atoms with E-state index in [9.17, 15) is 4.79 Å². The number of nitrogens with zero attached hydrogens (tertiary/aromatic N) is 3. The van der Waals surface area contributed by atoms with E-state index in [1.165, 1.54) is 6.33 Å². The molecule has 0 aliphatic heterocycles. The molecule has 3 aromatic rings. The van der Waals surface area contributed by atoms with Crippen LogP contribution in [0, 0.1) is 0 Å². The summed E-state index contributed by atoms with van der Waals surface area (Å²) in [6.07, 6.45) is 3.12. The molecule has 1 N–H and O–H groups in total. The number of nitrogens with one attached hydrogen (secondary N) is 1. The van der Waals surface area contributed by atoms with Crippen molar-refractivity contribution in [1.29, 1.82) is 0 Å². The highest BCUT2D eigenvalue weighted by Crippen LogP contribution is 2.25. The summed E-state index contributed by atoms with van der Waals surface area (Å²) in [5.74, 6) is -0.0443. The Morgan fingerprint density at radius 3 is 2.35 bits per heavy atom. The summed E-state index contributed by atoms with van der Waals surface area (Å²) in [6.45, 7) is 3.84. The molecule has 2 aromatic carbocycles. The van der Waals surface area contributed by atoms with Crippen molar-refractivity contribution in [3.63, 3.8) is 0 Å². The molecule has 1 amide bonds. The number of anilines is 1. The Kier molecular flexibility index (Phi) is 3.93. The molecule has 5 heteroatoms. The Labute approximate surface area is 135 Å². The third kappa shape index (κ3) is 3.13. The Hall–Kier alpha value is -2.95. The molecular weight excluding hydrogens is 288 g/mol. The van der Waals surface area contributed by atoms with Gasteiger partial charge in [0.25, 0.3) is 0 Å². The van der Waals surface area contributed by atoms with Crippen LogP contribution in [0.15, 0.2) is 67.3 Å². The number of aromatic nitrogens is 3. The third-order valence-corrected chi connectivity index (χ3v) is 3.87. The molecule has 0 aliphatic rings. The fourth-order valence-electron chi connectivity index (χ4n) is 2.31. The molecule has 23 heavy (non-hydrogen) atoms. The first-order valence-corrected chi connectivity index (χ1v) is 7.39. The van der Waals surface area contributed by atoms with Crippen LogP contribution in [0.3, 0.4) is 0 Å². The average Bonchev–Trinajstić information content (AvgIpc) is 3.11. The van der Waals surface area contributed by atoms with Crippen LogP contribution in [0.4, 0.5) is 5.69 Å². The monoisotopic (exact) mass is 306 g/mol. The lowest BCUT2D eigenvalue weighted by Crippen LogP contribution is -2.34. The molecule has 0 aliphatic carbocycles. The van der Waals surface area contributed by atoms with E-state index in [-0.39, 0.29) is 5.91 Å². The lowest BCUT2D eigenvalue weighted by Gasteiger charge is -2.24. The molecular formula is C18H18N4O. The maximum absolute atomic E-state index is 12.6. The van der Waals surface area contributed by atoms with E-state index >= 15 is 0 Å². The van der Waals surface area contributed by atoms with Crippen molar-refractivity contribution >= 4 is 11.6 Å². The first kappa shape index (κ1) is 15.0. The molecule has 116 valence electrons. The highest BCUT2D eigenvalue weighted by molar-refractivity contribution is 5.98. The molecule has 1 aromatic heterocycles. The minimum absolute atomic E-state index is 0.0443. The Morgan fingerprint density at radius 1 is 1.04 bits per heavy atom. The van der Waals surface area contributed by atoms with Gasteiger partial charge < -0.3 is 5.32 Å². The van der Waals surface area contributed by atoms with E-state index in [0.717, 1.165) is 16.9 Å². The van der Waals surface area contributed by atoms with Crippen LogP contribution in [0.2, 0.25) is 0 Å². The molecule has 0 spiro atoms. The van der Waals surface area contributed by atoms with Gasteiger partial charge in [-0.25, -0.2) is 9.67 Å². The molecule has 5 nitrogen and oxygen atoms in total. The second-order valence-corrected chi connectivity index (χ2v) is 5.83. The van der Waals surface area contributed by atoms with E-state index in [4.69, 9.17) is 0 Å². The Bertz CT molecular complexity index is 778. The van der Waals surface area contributed by atoms with Crippen molar-refractivity contribution in [1.82, 2.24) is 14.8 Å². The fourth-order valence-corrected chi connectivity index (χ4v) is 2.31.